The van der Waals surface area contributed by atoms with Gasteiger partial charge in [0.2, 0.25) is 11.7 Å². The third-order valence-corrected chi connectivity index (χ3v) is 6.14. The number of hydrogen-bond acceptors (Lipinski definition) is 7. The van der Waals surface area contributed by atoms with Crippen LogP contribution < -0.4 is 5.32 Å². The van der Waals surface area contributed by atoms with E-state index < -0.39 is 0 Å². The Hall–Kier alpha value is -3.95. The number of nitrogens with one attached hydrogen (secondary N) is 1. The fraction of sp³-hybridized carbons (Fsp3) is 0.375. The third-order valence-electron chi connectivity index (χ3n) is 6.14. The molecule has 0 aliphatic carbocycles. The van der Waals surface area contributed by atoms with Gasteiger partial charge in [-0.05, 0) is 43.9 Å². The normalized spacial score (nSPS) is 18.4. The fourth-order valence-corrected chi connectivity index (χ4v) is 4.51. The predicted octanol–water partition coefficient (Wildman–Crippen LogP) is 2.83. The Morgan fingerprint density at radius 2 is 2.06 bits per heavy atom. The van der Waals surface area contributed by atoms with Crippen LogP contribution >= 0.6 is 0 Å². The summed E-state index contributed by atoms with van der Waals surface area (Å²) in [5, 5.41) is 10.5. The maximum absolute atomic E-state index is 13.1. The highest BCUT2D eigenvalue weighted by atomic mass is 16.6. The Morgan fingerprint density at radius 1 is 1.15 bits per heavy atom. The minimum atomic E-state index is -0.316. The van der Waals surface area contributed by atoms with Crippen molar-refractivity contribution < 1.29 is 19.1 Å². The molecule has 2 amide bonds. The van der Waals surface area contributed by atoms with E-state index in [1.807, 2.05) is 25.1 Å². The van der Waals surface area contributed by atoms with Crippen molar-refractivity contribution in [3.63, 3.8) is 0 Å². The quantitative estimate of drug-likeness (QED) is 0.635. The van der Waals surface area contributed by atoms with Crippen molar-refractivity contribution in [2.45, 2.75) is 32.2 Å². The smallest absolute Gasteiger partial charge is 0.292 e. The van der Waals surface area contributed by atoms with Crippen LogP contribution in [-0.2, 0) is 14.3 Å². The first-order valence-electron chi connectivity index (χ1n) is 11.4. The van der Waals surface area contributed by atoms with Gasteiger partial charge in [0, 0.05) is 13.1 Å². The lowest BCUT2D eigenvalue weighted by molar-refractivity contribution is -0.132. The van der Waals surface area contributed by atoms with Crippen LogP contribution in [-0.4, -0.2) is 62.8 Å². The van der Waals surface area contributed by atoms with Crippen molar-refractivity contribution in [2.75, 3.05) is 31.6 Å². The topological polar surface area (TPSA) is 111 Å². The van der Waals surface area contributed by atoms with Crippen molar-refractivity contribution in [1.82, 2.24) is 24.6 Å². The van der Waals surface area contributed by atoms with Crippen molar-refractivity contribution in [3.8, 4) is 0 Å². The summed E-state index contributed by atoms with van der Waals surface area (Å²) in [5.41, 5.74) is 3.17. The van der Waals surface area contributed by atoms with Gasteiger partial charge in [-0.25, -0.2) is 4.98 Å². The van der Waals surface area contributed by atoms with Gasteiger partial charge in [-0.15, -0.1) is 0 Å². The molecule has 0 saturated carbocycles. The SMILES string of the molecule is Cc1cccc2nc(NC(=O)c3ccnnc3)n([C@@H]3CCCCN(C(=O)C4=COCCO4)C3)c12. The first-order valence-corrected chi connectivity index (χ1v) is 11.4. The second kappa shape index (κ2) is 9.50. The molecule has 0 bridgehead atoms. The predicted molar refractivity (Wildman–Crippen MR) is 124 cm³/mol. The molecular weight excluding hydrogens is 436 g/mol. The number of anilines is 1. The molecule has 1 fully saturated rings. The molecule has 4 heterocycles. The molecule has 10 heteroatoms. The second-order valence-electron chi connectivity index (χ2n) is 8.44. The average Bonchev–Trinajstić information content (AvgIpc) is 3.07. The third kappa shape index (κ3) is 4.30. The lowest BCUT2D eigenvalue weighted by Crippen LogP contribution is -2.38. The molecular formula is C24H26N6O4. The number of imidazole rings is 1. The fourth-order valence-electron chi connectivity index (χ4n) is 4.51. The number of carbonyl (C=O) groups is 2. The van der Waals surface area contributed by atoms with Crippen molar-refractivity contribution in [1.29, 1.82) is 0 Å². The number of carbonyl (C=O) groups excluding carboxylic acids is 2. The number of aromatic nitrogens is 4. The molecule has 2 aliphatic heterocycles. The number of amides is 2. The standard InChI is InChI=1S/C24H26N6O4/c1-16-5-4-7-19-21(16)30(24(27-19)28-22(31)17-8-9-25-26-13-17)18-6-2-3-10-29(14-18)23(32)20-15-33-11-12-34-20/h4-5,7-9,13,15,18H,2-3,6,10-12,14H2,1H3,(H,27,28,31)/t18-/m1/s1. The molecule has 2 aliphatic rings. The van der Waals surface area contributed by atoms with Gasteiger partial charge in [0.1, 0.15) is 19.5 Å². The minimum absolute atomic E-state index is 0.0754. The van der Waals surface area contributed by atoms with Crippen LogP contribution in [0.4, 0.5) is 5.95 Å². The highest BCUT2D eigenvalue weighted by Crippen LogP contribution is 2.32. The van der Waals surface area contributed by atoms with Gasteiger partial charge >= 0.3 is 0 Å². The van der Waals surface area contributed by atoms with E-state index in [2.05, 4.69) is 20.1 Å². The number of ether oxygens (including phenoxy) is 2. The molecule has 1 aromatic carbocycles. The number of benzene rings is 1. The van der Waals surface area contributed by atoms with Gasteiger partial charge in [0.05, 0.1) is 35.0 Å². The number of para-hydroxylation sites is 1. The van der Waals surface area contributed by atoms with Crippen LogP contribution in [0.15, 0.2) is 48.7 Å². The van der Waals surface area contributed by atoms with E-state index >= 15 is 0 Å². The van der Waals surface area contributed by atoms with Gasteiger partial charge in [0.15, 0.2) is 0 Å². The molecule has 34 heavy (non-hydrogen) atoms. The first kappa shape index (κ1) is 21.9. The van der Waals surface area contributed by atoms with Crippen LogP contribution in [0.25, 0.3) is 11.0 Å². The number of likely N-dealkylation sites (tertiary alicyclic amines) is 1. The number of nitrogens with zero attached hydrogens (tertiary/aromatic N) is 5. The summed E-state index contributed by atoms with van der Waals surface area (Å²) < 4.78 is 12.9. The molecule has 0 radical (unpaired) electrons. The van der Waals surface area contributed by atoms with Crippen LogP contribution in [0.1, 0.15) is 41.2 Å². The lowest BCUT2D eigenvalue weighted by Gasteiger charge is -2.28. The second-order valence-corrected chi connectivity index (χ2v) is 8.44. The van der Waals surface area contributed by atoms with Gasteiger partial charge in [-0.2, -0.15) is 10.2 Å². The Balaban J connectivity index is 1.50. The molecule has 2 aromatic heterocycles. The molecule has 1 atom stereocenters. The lowest BCUT2D eigenvalue weighted by atomic mass is 10.1. The monoisotopic (exact) mass is 462 g/mol. The van der Waals surface area contributed by atoms with Gasteiger partial charge in [-0.3, -0.25) is 14.9 Å². The van der Waals surface area contributed by atoms with E-state index in [0.717, 1.165) is 35.9 Å². The van der Waals surface area contributed by atoms with E-state index in [0.29, 0.717) is 37.8 Å². The van der Waals surface area contributed by atoms with Crippen LogP contribution in [0, 0.1) is 6.92 Å². The van der Waals surface area contributed by atoms with Crippen molar-refractivity contribution in [2.24, 2.45) is 0 Å². The molecule has 176 valence electrons. The summed E-state index contributed by atoms with van der Waals surface area (Å²) in [6.07, 6.45) is 6.96. The van der Waals surface area contributed by atoms with Crippen LogP contribution in [0.2, 0.25) is 0 Å². The maximum Gasteiger partial charge on any atom is 0.292 e. The molecule has 0 spiro atoms. The Kier molecular flexibility index (Phi) is 6.11. The van der Waals surface area contributed by atoms with E-state index in [1.54, 1.807) is 11.0 Å². The molecule has 3 aromatic rings. The van der Waals surface area contributed by atoms with E-state index in [4.69, 9.17) is 14.5 Å². The molecule has 10 nitrogen and oxygen atoms in total. The molecule has 1 saturated heterocycles. The summed E-state index contributed by atoms with van der Waals surface area (Å²) >= 11 is 0. The van der Waals surface area contributed by atoms with Crippen LogP contribution in [0.5, 0.6) is 0 Å². The molecule has 1 N–H and O–H groups in total. The van der Waals surface area contributed by atoms with E-state index in [-0.39, 0.29) is 23.6 Å². The van der Waals surface area contributed by atoms with E-state index in [9.17, 15) is 9.59 Å². The van der Waals surface area contributed by atoms with Crippen LogP contribution in [0.3, 0.4) is 0 Å². The number of fused-ring (bicyclic) bond motifs is 1. The summed E-state index contributed by atoms with van der Waals surface area (Å²) in [6.45, 7) is 3.93. The average molecular weight is 463 g/mol. The Bertz CT molecular complexity index is 1240. The number of aryl methyl sites for hydroxylation is 1. The van der Waals surface area contributed by atoms with Crippen molar-refractivity contribution in [3.05, 3.63) is 59.8 Å². The van der Waals surface area contributed by atoms with Gasteiger partial charge < -0.3 is 18.9 Å². The van der Waals surface area contributed by atoms with Gasteiger partial charge in [-0.1, -0.05) is 12.1 Å². The zero-order chi connectivity index (χ0) is 23.5. The molecule has 0 unspecified atom stereocenters. The maximum atomic E-state index is 13.1. The largest absolute Gasteiger partial charge is 0.494 e. The molecule has 5 rings (SSSR count). The van der Waals surface area contributed by atoms with Gasteiger partial charge in [0.25, 0.3) is 11.8 Å². The highest BCUT2D eigenvalue weighted by Gasteiger charge is 2.30. The van der Waals surface area contributed by atoms with E-state index in [1.165, 1.54) is 18.7 Å². The Morgan fingerprint density at radius 3 is 2.85 bits per heavy atom. The van der Waals surface area contributed by atoms with Crippen molar-refractivity contribution >= 4 is 28.8 Å². The summed E-state index contributed by atoms with van der Waals surface area (Å²) in [5.74, 6) is 0.184. The zero-order valence-corrected chi connectivity index (χ0v) is 18.9. The summed E-state index contributed by atoms with van der Waals surface area (Å²) in [7, 11) is 0. The minimum Gasteiger partial charge on any atom is -0.494 e. The zero-order valence-electron chi connectivity index (χ0n) is 18.9. The summed E-state index contributed by atoms with van der Waals surface area (Å²) in [4.78, 5) is 32.6. The Labute approximate surface area is 196 Å². The number of rotatable bonds is 4. The first-order chi connectivity index (χ1) is 16.6. The summed E-state index contributed by atoms with van der Waals surface area (Å²) in [6, 6.07) is 7.43. The highest BCUT2D eigenvalue weighted by molar-refractivity contribution is 6.04. The number of hydrogen-bond donors (Lipinski definition) is 1.